The molecule has 0 radical (unpaired) electrons. The quantitative estimate of drug-likeness (QED) is 0.594. The van der Waals surface area contributed by atoms with Crippen LogP contribution in [0.4, 0.5) is 5.13 Å². The summed E-state index contributed by atoms with van der Waals surface area (Å²) in [5.41, 5.74) is 2.50. The van der Waals surface area contributed by atoms with E-state index in [1.54, 1.807) is 24.6 Å². The first-order valence-electron chi connectivity index (χ1n) is 6.75. The summed E-state index contributed by atoms with van der Waals surface area (Å²) in [4.78, 5) is 16.6. The number of thiazole rings is 1. The third-order valence-corrected chi connectivity index (χ3v) is 3.78. The average molecular weight is 308 g/mol. The van der Waals surface area contributed by atoms with E-state index < -0.39 is 0 Å². The molecule has 1 N–H and O–H groups in total. The van der Waals surface area contributed by atoms with Gasteiger partial charge in [0.1, 0.15) is 13.6 Å². The fourth-order valence-electron chi connectivity index (χ4n) is 1.98. The van der Waals surface area contributed by atoms with Gasteiger partial charge in [0.25, 0.3) is 5.91 Å². The molecule has 0 aliphatic rings. The SMILES string of the molecule is Bc1ccc(/C(=C\c2ccco2)C(=O)Nc2nccs2)cc1. The predicted octanol–water partition coefficient (Wildman–Crippen LogP) is 2.17. The van der Waals surface area contributed by atoms with Crippen molar-refractivity contribution in [2.45, 2.75) is 0 Å². The maximum Gasteiger partial charge on any atom is 0.258 e. The second-order valence-electron chi connectivity index (χ2n) is 4.73. The van der Waals surface area contributed by atoms with E-state index in [4.69, 9.17) is 4.42 Å². The summed E-state index contributed by atoms with van der Waals surface area (Å²) in [5, 5.41) is 5.19. The molecule has 6 heteroatoms. The number of nitrogens with one attached hydrogen (secondary N) is 1. The van der Waals surface area contributed by atoms with Gasteiger partial charge >= 0.3 is 0 Å². The highest BCUT2D eigenvalue weighted by atomic mass is 32.1. The number of amides is 1. The minimum absolute atomic E-state index is 0.213. The Labute approximate surface area is 132 Å². The van der Waals surface area contributed by atoms with Crippen LogP contribution in [-0.2, 0) is 4.79 Å². The van der Waals surface area contributed by atoms with E-state index in [1.807, 2.05) is 43.6 Å². The number of hydrogen-bond donors (Lipinski definition) is 1. The van der Waals surface area contributed by atoms with Crippen molar-refractivity contribution >= 4 is 47.3 Å². The van der Waals surface area contributed by atoms with Crippen molar-refractivity contribution in [3.63, 3.8) is 0 Å². The number of rotatable bonds is 4. The fraction of sp³-hybridized carbons (Fsp3) is 0. The van der Waals surface area contributed by atoms with Gasteiger partial charge in [-0.3, -0.25) is 10.1 Å². The molecule has 0 atom stereocenters. The average Bonchev–Trinajstić information content (AvgIpc) is 3.19. The summed E-state index contributed by atoms with van der Waals surface area (Å²) in [7, 11) is 2.01. The van der Waals surface area contributed by atoms with Crippen molar-refractivity contribution in [1.29, 1.82) is 0 Å². The molecule has 4 nitrogen and oxygen atoms in total. The Morgan fingerprint density at radius 2 is 2.09 bits per heavy atom. The van der Waals surface area contributed by atoms with Crippen molar-refractivity contribution in [1.82, 2.24) is 4.98 Å². The predicted molar refractivity (Wildman–Crippen MR) is 91.9 cm³/mol. The van der Waals surface area contributed by atoms with E-state index in [9.17, 15) is 4.79 Å². The summed E-state index contributed by atoms with van der Waals surface area (Å²) in [6.07, 6.45) is 4.97. The number of nitrogens with zero attached hydrogens (tertiary/aromatic N) is 1. The van der Waals surface area contributed by atoms with Crippen molar-refractivity contribution in [3.8, 4) is 0 Å². The Morgan fingerprint density at radius 1 is 1.27 bits per heavy atom. The lowest BCUT2D eigenvalue weighted by atomic mass is 9.93. The highest BCUT2D eigenvalue weighted by molar-refractivity contribution is 7.13. The van der Waals surface area contributed by atoms with Crippen LogP contribution < -0.4 is 10.8 Å². The zero-order chi connectivity index (χ0) is 15.4. The minimum atomic E-state index is -0.213. The highest BCUT2D eigenvalue weighted by Crippen LogP contribution is 2.21. The molecule has 22 heavy (non-hydrogen) atoms. The summed E-state index contributed by atoms with van der Waals surface area (Å²) in [6, 6.07) is 11.4. The normalized spacial score (nSPS) is 11.4. The molecular weight excluding hydrogens is 295 g/mol. The number of furan rings is 1. The van der Waals surface area contributed by atoms with Crippen LogP contribution in [0.15, 0.2) is 58.7 Å². The van der Waals surface area contributed by atoms with Gasteiger partial charge in [0, 0.05) is 11.6 Å². The van der Waals surface area contributed by atoms with Crippen molar-refractivity contribution in [3.05, 3.63) is 65.6 Å². The molecule has 0 aliphatic heterocycles. The third kappa shape index (κ3) is 3.35. The van der Waals surface area contributed by atoms with Crippen LogP contribution >= 0.6 is 11.3 Å². The van der Waals surface area contributed by atoms with Gasteiger partial charge in [-0.2, -0.15) is 0 Å². The van der Waals surface area contributed by atoms with Crippen LogP contribution in [0.2, 0.25) is 0 Å². The van der Waals surface area contributed by atoms with E-state index >= 15 is 0 Å². The molecule has 3 rings (SSSR count). The largest absolute Gasteiger partial charge is 0.465 e. The van der Waals surface area contributed by atoms with Crippen LogP contribution in [-0.4, -0.2) is 18.7 Å². The van der Waals surface area contributed by atoms with Crippen molar-refractivity contribution in [2.75, 3.05) is 5.32 Å². The summed E-state index contributed by atoms with van der Waals surface area (Å²) < 4.78 is 5.33. The number of carbonyl (C=O) groups excluding carboxylic acids is 1. The van der Waals surface area contributed by atoms with Crippen LogP contribution in [0.1, 0.15) is 11.3 Å². The maximum atomic E-state index is 12.6. The fourth-order valence-corrected chi connectivity index (χ4v) is 2.50. The Hall–Kier alpha value is -2.60. The van der Waals surface area contributed by atoms with Gasteiger partial charge < -0.3 is 4.42 Å². The molecule has 0 saturated carbocycles. The monoisotopic (exact) mass is 308 g/mol. The molecule has 0 aliphatic carbocycles. The van der Waals surface area contributed by atoms with Gasteiger partial charge in [-0.05, 0) is 23.8 Å². The number of carbonyl (C=O) groups is 1. The minimum Gasteiger partial charge on any atom is -0.465 e. The molecule has 1 amide bonds. The zero-order valence-corrected chi connectivity index (χ0v) is 12.8. The van der Waals surface area contributed by atoms with Crippen LogP contribution in [0.25, 0.3) is 11.6 Å². The van der Waals surface area contributed by atoms with Gasteiger partial charge in [-0.1, -0.05) is 29.7 Å². The van der Waals surface area contributed by atoms with Gasteiger partial charge in [-0.25, -0.2) is 4.98 Å². The first kappa shape index (κ1) is 14.3. The molecule has 108 valence electrons. The molecular formula is C16H13BN2O2S. The van der Waals surface area contributed by atoms with Crippen molar-refractivity contribution < 1.29 is 9.21 Å². The first-order chi connectivity index (χ1) is 10.7. The van der Waals surface area contributed by atoms with E-state index in [0.717, 1.165) is 11.0 Å². The van der Waals surface area contributed by atoms with Gasteiger partial charge in [0.15, 0.2) is 5.13 Å². The van der Waals surface area contributed by atoms with E-state index in [1.165, 1.54) is 11.3 Å². The molecule has 0 spiro atoms. The van der Waals surface area contributed by atoms with Crippen molar-refractivity contribution in [2.24, 2.45) is 0 Å². The Bertz CT molecular complexity index is 778. The Morgan fingerprint density at radius 3 is 2.73 bits per heavy atom. The van der Waals surface area contributed by atoms with Gasteiger partial charge in [-0.15, -0.1) is 11.3 Å². The van der Waals surface area contributed by atoms with Crippen LogP contribution in [0.3, 0.4) is 0 Å². The second kappa shape index (κ2) is 6.45. The number of anilines is 1. The lowest BCUT2D eigenvalue weighted by Gasteiger charge is -2.08. The lowest BCUT2D eigenvalue weighted by Crippen LogP contribution is -2.14. The molecule has 0 saturated heterocycles. The standard InChI is InChI=1S/C16H13BN2O2S/c17-12-5-3-11(4-6-12)14(10-13-2-1-8-21-13)15(20)19-16-18-7-9-22-16/h1-10H,17H2,(H,18,19,20)/b14-10+. The van der Waals surface area contributed by atoms with Gasteiger partial charge in [0.2, 0.25) is 0 Å². The van der Waals surface area contributed by atoms with E-state index in [2.05, 4.69) is 10.3 Å². The summed E-state index contributed by atoms with van der Waals surface area (Å²) in [6.45, 7) is 0. The molecule has 0 bridgehead atoms. The first-order valence-corrected chi connectivity index (χ1v) is 7.63. The maximum absolute atomic E-state index is 12.6. The second-order valence-corrected chi connectivity index (χ2v) is 5.63. The Kier molecular flexibility index (Phi) is 4.21. The van der Waals surface area contributed by atoms with E-state index in [-0.39, 0.29) is 5.91 Å². The van der Waals surface area contributed by atoms with E-state index in [0.29, 0.717) is 16.5 Å². The lowest BCUT2D eigenvalue weighted by molar-refractivity contribution is -0.111. The summed E-state index contributed by atoms with van der Waals surface area (Å²) in [5.74, 6) is 0.417. The highest BCUT2D eigenvalue weighted by Gasteiger charge is 2.14. The topological polar surface area (TPSA) is 55.1 Å². The summed E-state index contributed by atoms with van der Waals surface area (Å²) >= 11 is 1.38. The van der Waals surface area contributed by atoms with Crippen LogP contribution in [0.5, 0.6) is 0 Å². The third-order valence-electron chi connectivity index (χ3n) is 3.09. The molecule has 2 heterocycles. The number of hydrogen-bond acceptors (Lipinski definition) is 4. The Balaban J connectivity index is 1.95. The van der Waals surface area contributed by atoms with Crippen LogP contribution in [0, 0.1) is 0 Å². The molecule has 3 aromatic rings. The molecule has 0 unspecified atom stereocenters. The van der Waals surface area contributed by atoms with Gasteiger partial charge in [0.05, 0.1) is 11.8 Å². The number of aromatic nitrogens is 1. The number of benzene rings is 1. The molecule has 1 aromatic carbocycles. The molecule has 0 fully saturated rings. The molecule has 2 aromatic heterocycles. The smallest absolute Gasteiger partial charge is 0.258 e. The zero-order valence-electron chi connectivity index (χ0n) is 11.9.